The Bertz CT molecular complexity index is 3410. The topological polar surface area (TPSA) is 6.48 Å². The first-order valence-corrected chi connectivity index (χ1v) is 24.8. The van der Waals surface area contributed by atoms with Crippen LogP contribution in [-0.2, 0) is 10.8 Å². The van der Waals surface area contributed by atoms with E-state index >= 15 is 0 Å². The van der Waals surface area contributed by atoms with E-state index in [-0.39, 0.29) is 21.9 Å². The molecule has 0 saturated heterocycles. The fraction of sp³-hybridized carbons (Fsp3) is 0.250. The number of hydrogen-bond donors (Lipinski definition) is 0. The van der Waals surface area contributed by atoms with Crippen LogP contribution in [0.1, 0.15) is 90.2 Å². The van der Waals surface area contributed by atoms with Crippen LogP contribution >= 0.6 is 0 Å². The fourth-order valence-electron chi connectivity index (χ4n) is 14.7. The van der Waals surface area contributed by atoms with Gasteiger partial charge in [-0.3, -0.25) is 0 Å². The highest BCUT2D eigenvalue weighted by Crippen LogP contribution is 2.64. The lowest BCUT2D eigenvalue weighted by Gasteiger charge is -2.50. The van der Waals surface area contributed by atoms with Crippen molar-refractivity contribution in [2.45, 2.75) is 101 Å². The predicted octanol–water partition coefficient (Wildman–Crippen LogP) is 17.7. The molecular weight excluding hydrogens is 797 g/mol. The van der Waals surface area contributed by atoms with Crippen LogP contribution in [0, 0.1) is 0 Å². The third-order valence-electron chi connectivity index (χ3n) is 18.5. The molecule has 0 amide bonds. The molecule has 0 bridgehead atoms. The number of benzene rings is 10. The van der Waals surface area contributed by atoms with Crippen molar-refractivity contribution in [2.75, 3.05) is 9.80 Å². The minimum absolute atomic E-state index is 0.0197. The SMILES string of the molecule is CC12CCCCC1(C)N(c1cccc3ccccc13)c1ccc(-c3ccc4ccc5c(-c6ccc7c(c6)C6(C)CCCCC6(C)N7c6cccc7ccccc67)ccc6ccc3c4c65)cc12. The lowest BCUT2D eigenvalue weighted by molar-refractivity contribution is 0.195. The molecule has 66 heavy (non-hydrogen) atoms. The quantitative estimate of drug-likeness (QED) is 0.163. The smallest absolute Gasteiger partial charge is 0.0518 e. The summed E-state index contributed by atoms with van der Waals surface area (Å²) in [7, 11) is 0. The zero-order valence-corrected chi connectivity index (χ0v) is 38.7. The van der Waals surface area contributed by atoms with Gasteiger partial charge < -0.3 is 9.80 Å². The van der Waals surface area contributed by atoms with E-state index in [4.69, 9.17) is 0 Å². The lowest BCUT2D eigenvalue weighted by atomic mass is 9.61. The largest absolute Gasteiger partial charge is 0.334 e. The number of hydrogen-bond acceptors (Lipinski definition) is 2. The van der Waals surface area contributed by atoms with Gasteiger partial charge in [-0.2, -0.15) is 0 Å². The average Bonchev–Trinajstić information content (AvgIpc) is 3.69. The Hall–Kier alpha value is -6.64. The highest BCUT2D eigenvalue weighted by atomic mass is 15.3. The van der Waals surface area contributed by atoms with Crippen molar-refractivity contribution >= 4 is 76.6 Å². The zero-order valence-electron chi connectivity index (χ0n) is 38.7. The number of anilines is 4. The van der Waals surface area contributed by atoms with Crippen molar-refractivity contribution in [3.05, 3.63) is 181 Å². The van der Waals surface area contributed by atoms with Crippen molar-refractivity contribution in [1.82, 2.24) is 0 Å². The minimum Gasteiger partial charge on any atom is -0.334 e. The summed E-state index contributed by atoms with van der Waals surface area (Å²) in [5, 5.41) is 13.3. The Labute approximate surface area is 388 Å². The second-order valence-electron chi connectivity index (χ2n) is 21.4. The molecule has 10 aromatic rings. The molecule has 4 unspecified atom stereocenters. The van der Waals surface area contributed by atoms with Crippen molar-refractivity contribution in [3.63, 3.8) is 0 Å². The van der Waals surface area contributed by atoms with Gasteiger partial charge in [0.05, 0.1) is 11.1 Å². The van der Waals surface area contributed by atoms with E-state index in [9.17, 15) is 0 Å². The predicted molar refractivity (Wildman–Crippen MR) is 282 cm³/mol. The Morgan fingerprint density at radius 1 is 0.333 bits per heavy atom. The van der Waals surface area contributed by atoms with Crippen molar-refractivity contribution in [2.24, 2.45) is 0 Å². The molecule has 14 rings (SSSR count). The maximum Gasteiger partial charge on any atom is 0.0518 e. The van der Waals surface area contributed by atoms with Gasteiger partial charge in [0.2, 0.25) is 0 Å². The summed E-state index contributed by atoms with van der Waals surface area (Å²) in [6.07, 6.45) is 9.83. The minimum atomic E-state index is -0.0197. The van der Waals surface area contributed by atoms with Gasteiger partial charge in [-0.05, 0) is 152 Å². The van der Waals surface area contributed by atoms with Crippen LogP contribution in [0.2, 0.25) is 0 Å². The Kier molecular flexibility index (Phi) is 7.88. The average molecular weight is 853 g/mol. The highest BCUT2D eigenvalue weighted by molar-refractivity contribution is 6.27. The molecule has 4 aliphatic rings. The van der Waals surface area contributed by atoms with Gasteiger partial charge in [0, 0.05) is 44.4 Å². The Balaban J connectivity index is 0.922. The van der Waals surface area contributed by atoms with Crippen LogP contribution in [0.3, 0.4) is 0 Å². The molecule has 2 fully saturated rings. The molecule has 0 aromatic heterocycles. The number of nitrogens with zero attached hydrogens (tertiary/aromatic N) is 2. The summed E-state index contributed by atoms with van der Waals surface area (Å²) in [4.78, 5) is 5.49. The normalized spacial score (nSPS) is 24.7. The van der Waals surface area contributed by atoms with Gasteiger partial charge in [-0.1, -0.05) is 173 Å². The fourth-order valence-corrected chi connectivity index (χ4v) is 14.7. The molecule has 2 aliphatic carbocycles. The first-order chi connectivity index (χ1) is 32.2. The monoisotopic (exact) mass is 852 g/mol. The molecule has 4 atom stereocenters. The van der Waals surface area contributed by atoms with E-state index < -0.39 is 0 Å². The zero-order chi connectivity index (χ0) is 44.2. The molecule has 2 heterocycles. The lowest BCUT2D eigenvalue weighted by Crippen LogP contribution is -2.54. The molecule has 10 aromatic carbocycles. The number of rotatable bonds is 4. The third-order valence-corrected chi connectivity index (χ3v) is 18.5. The van der Waals surface area contributed by atoms with E-state index in [0.717, 1.165) is 0 Å². The van der Waals surface area contributed by atoms with E-state index in [1.807, 2.05) is 0 Å². The van der Waals surface area contributed by atoms with Crippen LogP contribution in [-0.4, -0.2) is 11.1 Å². The number of fused-ring (bicyclic) bond motifs is 8. The Morgan fingerprint density at radius 2 is 0.742 bits per heavy atom. The molecule has 2 aliphatic heterocycles. The molecule has 2 heteroatoms. The van der Waals surface area contributed by atoms with Crippen LogP contribution in [0.25, 0.3) is 76.1 Å². The van der Waals surface area contributed by atoms with Gasteiger partial charge >= 0.3 is 0 Å². The maximum atomic E-state index is 2.74. The van der Waals surface area contributed by atoms with Gasteiger partial charge in [0.15, 0.2) is 0 Å². The maximum absolute atomic E-state index is 2.74. The van der Waals surface area contributed by atoms with E-state index in [0.29, 0.717) is 0 Å². The van der Waals surface area contributed by atoms with Crippen molar-refractivity contribution < 1.29 is 0 Å². The Morgan fingerprint density at radius 3 is 1.21 bits per heavy atom. The molecule has 322 valence electrons. The van der Waals surface area contributed by atoms with E-state index in [1.165, 1.54) is 161 Å². The first-order valence-electron chi connectivity index (χ1n) is 24.8. The summed E-state index contributed by atoms with van der Waals surface area (Å²) in [6, 6.07) is 65.7. The summed E-state index contributed by atoms with van der Waals surface area (Å²) in [5.41, 5.74) is 13.7. The van der Waals surface area contributed by atoms with Gasteiger partial charge in [0.25, 0.3) is 0 Å². The summed E-state index contributed by atoms with van der Waals surface area (Å²) < 4.78 is 0. The molecule has 0 spiro atoms. The van der Waals surface area contributed by atoms with Crippen molar-refractivity contribution in [1.29, 1.82) is 0 Å². The molecule has 0 radical (unpaired) electrons. The van der Waals surface area contributed by atoms with Gasteiger partial charge in [-0.25, -0.2) is 0 Å². The molecule has 2 nitrogen and oxygen atoms in total. The van der Waals surface area contributed by atoms with Crippen LogP contribution in [0.15, 0.2) is 170 Å². The standard InChI is InChI=1S/C64H56N2/c1-61-35-9-11-37-63(61,3)65(55-21-13-17-41-15-5-7-19-49(41)55)57-33-27-45(39-53(57)61)47-29-23-43-26-32-52-48(30-24-44-25-31-51(47)59(43)60(44)52)46-28-34-58-54(40-46)62(2)36-10-12-38-64(62,4)66(58)56-22-14-18-42-16-6-8-20-50(42)56/h5-8,13-34,39-40H,9-12,35-38H2,1-4H3. The third kappa shape index (κ3) is 4.87. The van der Waals surface area contributed by atoms with Gasteiger partial charge in [-0.15, -0.1) is 0 Å². The van der Waals surface area contributed by atoms with Gasteiger partial charge in [0.1, 0.15) is 0 Å². The molecule has 2 saturated carbocycles. The molecular formula is C64H56N2. The summed E-state index contributed by atoms with van der Waals surface area (Å²) in [6.45, 7) is 10.2. The first kappa shape index (κ1) is 38.6. The second kappa shape index (κ2) is 13.5. The van der Waals surface area contributed by atoms with Crippen LogP contribution in [0.5, 0.6) is 0 Å². The summed E-state index contributed by atoms with van der Waals surface area (Å²) >= 11 is 0. The van der Waals surface area contributed by atoms with E-state index in [2.05, 4.69) is 207 Å². The van der Waals surface area contributed by atoms with Crippen LogP contribution < -0.4 is 9.80 Å². The van der Waals surface area contributed by atoms with E-state index in [1.54, 1.807) is 0 Å². The molecule has 0 N–H and O–H groups in total. The van der Waals surface area contributed by atoms with Crippen LogP contribution in [0.4, 0.5) is 22.7 Å². The highest BCUT2D eigenvalue weighted by Gasteiger charge is 2.59. The second-order valence-corrected chi connectivity index (χ2v) is 21.4. The van der Waals surface area contributed by atoms with Crippen molar-refractivity contribution in [3.8, 4) is 22.3 Å². The summed E-state index contributed by atoms with van der Waals surface area (Å²) in [5.74, 6) is 0.